The summed E-state index contributed by atoms with van der Waals surface area (Å²) < 4.78 is 31.1. The van der Waals surface area contributed by atoms with Crippen molar-refractivity contribution in [3.05, 3.63) is 147 Å². The molecule has 0 N–H and O–H groups in total. The molecule has 0 saturated heterocycles. The van der Waals surface area contributed by atoms with Crippen molar-refractivity contribution >= 4 is 37.2 Å². The Morgan fingerprint density at radius 2 is 1.33 bits per heavy atom. The van der Waals surface area contributed by atoms with Gasteiger partial charge < -0.3 is 0 Å². The largest absolute Gasteiger partial charge is 0.265 e. The zero-order chi connectivity index (χ0) is 27.6. The quantitative estimate of drug-likeness (QED) is 0.242. The number of sulfonamides is 1. The van der Waals surface area contributed by atoms with Crippen LogP contribution in [0.1, 0.15) is 28.3 Å². The van der Waals surface area contributed by atoms with Crippen LogP contribution in [-0.2, 0) is 10.0 Å². The zero-order valence-corrected chi connectivity index (χ0v) is 23.3. The molecule has 0 spiro atoms. The lowest BCUT2D eigenvalue weighted by molar-refractivity contribution is 0.461. The van der Waals surface area contributed by atoms with Gasteiger partial charge in [0.2, 0.25) is 0 Å². The van der Waals surface area contributed by atoms with Crippen LogP contribution in [0, 0.1) is 29.6 Å². The lowest BCUT2D eigenvalue weighted by atomic mass is 9.82. The molecule has 0 amide bonds. The number of rotatable bonds is 5. The Morgan fingerprint density at radius 1 is 0.744 bits per heavy atom. The highest BCUT2D eigenvalue weighted by Crippen LogP contribution is 2.50. The molecule has 1 atom stereocenters. The van der Waals surface area contributed by atoms with Gasteiger partial charge in [0, 0.05) is 15.6 Å². The van der Waals surface area contributed by atoms with Crippen LogP contribution in [0.15, 0.2) is 130 Å². The second-order valence-electron chi connectivity index (χ2n) is 9.04. The van der Waals surface area contributed by atoms with Crippen LogP contribution < -0.4 is 0 Å². The van der Waals surface area contributed by atoms with Gasteiger partial charge in [0.05, 0.1) is 27.8 Å². The number of nitriles is 2. The number of halogens is 1. The second kappa shape index (κ2) is 10.7. The Kier molecular flexibility index (Phi) is 7.21. The van der Waals surface area contributed by atoms with Crippen LogP contribution in [0.3, 0.4) is 0 Å². The highest BCUT2D eigenvalue weighted by molar-refractivity contribution is 9.10. The number of hydrogen-bond donors (Lipinski definition) is 0. The smallest absolute Gasteiger partial charge is 0.252 e. The molecule has 190 valence electrons. The van der Waals surface area contributed by atoms with Gasteiger partial charge in [0.25, 0.3) is 10.0 Å². The van der Waals surface area contributed by atoms with E-state index in [9.17, 15) is 18.9 Å². The lowest BCUT2D eigenvalue weighted by Gasteiger charge is -2.39. The maximum Gasteiger partial charge on any atom is 0.265 e. The summed E-state index contributed by atoms with van der Waals surface area (Å²) in [5, 5.41) is 21.2. The topological polar surface area (TPSA) is 85.0 Å². The van der Waals surface area contributed by atoms with Gasteiger partial charge >= 0.3 is 0 Å². The van der Waals surface area contributed by atoms with Crippen LogP contribution in [-0.4, -0.2) is 12.7 Å². The molecule has 4 aromatic carbocycles. The van der Waals surface area contributed by atoms with E-state index < -0.39 is 16.1 Å². The van der Waals surface area contributed by atoms with Crippen LogP contribution in [0.5, 0.6) is 0 Å². The molecule has 39 heavy (non-hydrogen) atoms. The van der Waals surface area contributed by atoms with E-state index >= 15 is 0 Å². The van der Waals surface area contributed by atoms with Crippen molar-refractivity contribution in [1.29, 1.82) is 10.5 Å². The Labute approximate surface area is 236 Å². The van der Waals surface area contributed by atoms with Crippen molar-refractivity contribution in [3.8, 4) is 12.1 Å². The van der Waals surface area contributed by atoms with Gasteiger partial charge in [-0.1, -0.05) is 106 Å². The molecule has 0 aromatic heterocycles. The summed E-state index contributed by atoms with van der Waals surface area (Å²) in [5.74, 6) is 0. The first kappa shape index (κ1) is 26.2. The van der Waals surface area contributed by atoms with Crippen molar-refractivity contribution in [2.24, 2.45) is 0 Å². The third-order valence-electron chi connectivity index (χ3n) is 6.59. The summed E-state index contributed by atoms with van der Waals surface area (Å²) in [4.78, 5) is 0.0707. The van der Waals surface area contributed by atoms with Crippen LogP contribution in [0.25, 0.3) is 11.3 Å². The predicted molar refractivity (Wildman–Crippen MR) is 155 cm³/mol. The molecule has 0 radical (unpaired) electrons. The molecule has 0 saturated carbocycles. The number of aryl methyl sites for hydroxylation is 1. The molecule has 0 bridgehead atoms. The molecular weight excluding hydrogens is 570 g/mol. The molecule has 1 unspecified atom stereocenters. The Morgan fingerprint density at radius 3 is 1.90 bits per heavy atom. The molecule has 5 rings (SSSR count). The van der Waals surface area contributed by atoms with Crippen LogP contribution >= 0.6 is 15.9 Å². The first-order chi connectivity index (χ1) is 18.9. The summed E-state index contributed by atoms with van der Waals surface area (Å²) >= 11 is 3.45. The van der Waals surface area contributed by atoms with Gasteiger partial charge in [-0.05, 0) is 42.3 Å². The van der Waals surface area contributed by atoms with Gasteiger partial charge in [-0.15, -0.1) is 0 Å². The SMILES string of the molecule is Cc1ccc(S(=O)(=O)N2C(c3ccc(Br)cc3)=C(C#N)C(c3ccccc3)=C(C#N)C2c2ccccc2)cc1. The lowest BCUT2D eigenvalue weighted by Crippen LogP contribution is -2.38. The fraction of sp³-hybridized carbons (Fsp3) is 0.0625. The third kappa shape index (κ3) is 4.79. The minimum atomic E-state index is -4.25. The maximum absolute atomic E-state index is 14.5. The Hall–Kier alpha value is -4.43. The van der Waals surface area contributed by atoms with Crippen LogP contribution in [0.4, 0.5) is 0 Å². The van der Waals surface area contributed by atoms with Gasteiger partial charge in [0.15, 0.2) is 0 Å². The predicted octanol–water partition coefficient (Wildman–Crippen LogP) is 7.42. The normalized spacial score (nSPS) is 15.6. The minimum Gasteiger partial charge on any atom is -0.252 e. The van der Waals surface area contributed by atoms with Gasteiger partial charge in [-0.2, -0.15) is 10.5 Å². The van der Waals surface area contributed by atoms with Crippen molar-refractivity contribution < 1.29 is 8.42 Å². The molecule has 4 aromatic rings. The molecule has 7 heteroatoms. The fourth-order valence-corrected chi connectivity index (χ4v) is 6.69. The van der Waals surface area contributed by atoms with E-state index in [-0.39, 0.29) is 21.7 Å². The molecular formula is C32H22BrN3O2S. The average Bonchev–Trinajstić information content (AvgIpc) is 2.97. The monoisotopic (exact) mass is 591 g/mol. The van der Waals surface area contributed by atoms with E-state index in [1.165, 1.54) is 4.31 Å². The standard InChI is InChI=1S/C32H22BrN3O2S/c1-22-12-18-27(19-13-22)39(37,38)36-31(24-10-6-3-7-11-24)28(20-34)30(23-8-4-2-5-9-23)29(21-35)32(36)25-14-16-26(33)17-15-25/h2-19,31H,1H3. The molecule has 0 aliphatic carbocycles. The van der Waals surface area contributed by atoms with E-state index in [1.807, 2.05) is 55.5 Å². The Bertz CT molecular complexity index is 1780. The highest BCUT2D eigenvalue weighted by atomic mass is 79.9. The zero-order valence-electron chi connectivity index (χ0n) is 20.9. The summed E-state index contributed by atoms with van der Waals surface area (Å²) in [6, 6.07) is 35.5. The average molecular weight is 593 g/mol. The van der Waals surface area contributed by atoms with Gasteiger partial charge in [0.1, 0.15) is 12.1 Å². The van der Waals surface area contributed by atoms with Gasteiger partial charge in [-0.25, -0.2) is 8.42 Å². The summed E-state index contributed by atoms with van der Waals surface area (Å²) in [6.45, 7) is 1.88. The van der Waals surface area contributed by atoms with Crippen molar-refractivity contribution in [1.82, 2.24) is 4.31 Å². The highest BCUT2D eigenvalue weighted by Gasteiger charge is 2.44. The van der Waals surface area contributed by atoms with E-state index in [0.717, 1.165) is 10.0 Å². The van der Waals surface area contributed by atoms with Crippen molar-refractivity contribution in [2.75, 3.05) is 0 Å². The molecule has 1 heterocycles. The number of allylic oxidation sites excluding steroid dienone is 2. The van der Waals surface area contributed by atoms with E-state index in [4.69, 9.17) is 0 Å². The second-order valence-corrected chi connectivity index (χ2v) is 11.8. The van der Waals surface area contributed by atoms with Crippen LogP contribution in [0.2, 0.25) is 0 Å². The maximum atomic E-state index is 14.5. The van der Waals surface area contributed by atoms with E-state index in [1.54, 1.807) is 60.7 Å². The Balaban J connectivity index is 1.94. The number of nitrogens with zero attached hydrogens (tertiary/aromatic N) is 3. The van der Waals surface area contributed by atoms with Crippen molar-refractivity contribution in [2.45, 2.75) is 17.9 Å². The minimum absolute atomic E-state index is 0.0707. The number of hydrogen-bond acceptors (Lipinski definition) is 4. The number of benzene rings is 4. The summed E-state index contributed by atoms with van der Waals surface area (Å²) in [7, 11) is -4.25. The molecule has 1 aliphatic heterocycles. The first-order valence-electron chi connectivity index (χ1n) is 12.1. The van der Waals surface area contributed by atoms with E-state index in [2.05, 4.69) is 28.1 Å². The summed E-state index contributed by atoms with van der Waals surface area (Å²) in [5.41, 5.74) is 3.66. The first-order valence-corrected chi connectivity index (χ1v) is 14.4. The molecule has 0 fully saturated rings. The molecule has 5 nitrogen and oxygen atoms in total. The third-order valence-corrected chi connectivity index (χ3v) is 8.90. The van der Waals surface area contributed by atoms with E-state index in [0.29, 0.717) is 22.3 Å². The summed E-state index contributed by atoms with van der Waals surface area (Å²) in [6.07, 6.45) is 0. The molecule has 1 aliphatic rings. The fourth-order valence-electron chi connectivity index (χ4n) is 4.78. The van der Waals surface area contributed by atoms with Crippen molar-refractivity contribution in [3.63, 3.8) is 0 Å². The van der Waals surface area contributed by atoms with Gasteiger partial charge in [-0.3, -0.25) is 4.31 Å².